The van der Waals surface area contributed by atoms with E-state index in [1.807, 2.05) is 6.07 Å². The molecule has 1 aliphatic rings. The van der Waals surface area contributed by atoms with E-state index < -0.39 is 0 Å². The van der Waals surface area contributed by atoms with E-state index in [-0.39, 0.29) is 24.2 Å². The lowest BCUT2D eigenvalue weighted by molar-refractivity contribution is -0.124. The summed E-state index contributed by atoms with van der Waals surface area (Å²) in [5.74, 6) is 0.333. The lowest BCUT2D eigenvalue weighted by Gasteiger charge is -2.10. The summed E-state index contributed by atoms with van der Waals surface area (Å²) >= 11 is 0. The normalized spacial score (nSPS) is 16.6. The zero-order valence-electron chi connectivity index (χ0n) is 13.1. The molecule has 1 unspecified atom stereocenters. The number of rotatable bonds is 5. The molecule has 0 radical (unpaired) electrons. The lowest BCUT2D eigenvalue weighted by atomic mass is 10.0. The fraction of sp³-hybridized carbons (Fsp3) is 0.316. The van der Waals surface area contributed by atoms with Crippen LogP contribution in [0.3, 0.4) is 0 Å². The lowest BCUT2D eigenvalue weighted by Crippen LogP contribution is -2.33. The third-order valence-corrected chi connectivity index (χ3v) is 4.18. The highest BCUT2D eigenvalue weighted by Gasteiger charge is 2.21. The van der Waals surface area contributed by atoms with Gasteiger partial charge in [-0.05, 0) is 36.1 Å². The molecule has 1 heterocycles. The molecule has 0 spiro atoms. The molecule has 1 amide bonds. The second-order valence-corrected chi connectivity index (χ2v) is 5.80. The summed E-state index contributed by atoms with van der Waals surface area (Å²) in [6, 6.07) is 18.9. The Morgan fingerprint density at radius 3 is 2.61 bits per heavy atom. The molecule has 2 aromatic rings. The number of hydrogen-bond acceptors (Lipinski definition) is 2. The van der Waals surface area contributed by atoms with Gasteiger partial charge in [-0.3, -0.25) is 4.79 Å². The average molecular weight is 331 g/mol. The van der Waals surface area contributed by atoms with Crippen molar-refractivity contribution in [3.05, 3.63) is 60.2 Å². The van der Waals surface area contributed by atoms with Gasteiger partial charge in [0.2, 0.25) is 5.91 Å². The Morgan fingerprint density at radius 1 is 1.09 bits per heavy atom. The second kappa shape index (κ2) is 8.70. The zero-order valence-corrected chi connectivity index (χ0v) is 13.9. The predicted molar refractivity (Wildman–Crippen MR) is 96.8 cm³/mol. The minimum Gasteiger partial charge on any atom is -0.355 e. The SMILES string of the molecule is Cl.O=C(NCCc1cccc(-c2ccccc2)c1)C1CCNC1. The van der Waals surface area contributed by atoms with E-state index in [2.05, 4.69) is 59.2 Å². The highest BCUT2D eigenvalue weighted by molar-refractivity contribution is 5.85. The molecule has 0 bridgehead atoms. The van der Waals surface area contributed by atoms with Gasteiger partial charge in [0, 0.05) is 13.1 Å². The first-order chi connectivity index (χ1) is 10.8. The largest absolute Gasteiger partial charge is 0.355 e. The summed E-state index contributed by atoms with van der Waals surface area (Å²) in [6.07, 6.45) is 1.82. The molecule has 0 saturated carbocycles. The van der Waals surface area contributed by atoms with Crippen LogP contribution < -0.4 is 10.6 Å². The fourth-order valence-electron chi connectivity index (χ4n) is 2.89. The number of carbonyl (C=O) groups excluding carboxylic acids is 1. The van der Waals surface area contributed by atoms with E-state index in [9.17, 15) is 4.79 Å². The first-order valence-corrected chi connectivity index (χ1v) is 7.96. The van der Waals surface area contributed by atoms with Gasteiger partial charge in [0.15, 0.2) is 0 Å². The quantitative estimate of drug-likeness (QED) is 0.884. The summed E-state index contributed by atoms with van der Waals surface area (Å²) < 4.78 is 0. The summed E-state index contributed by atoms with van der Waals surface area (Å²) in [4.78, 5) is 12.0. The van der Waals surface area contributed by atoms with Gasteiger partial charge in [0.25, 0.3) is 0 Å². The van der Waals surface area contributed by atoms with Crippen LogP contribution in [0.15, 0.2) is 54.6 Å². The third-order valence-electron chi connectivity index (χ3n) is 4.18. The van der Waals surface area contributed by atoms with Gasteiger partial charge in [-0.1, -0.05) is 54.6 Å². The van der Waals surface area contributed by atoms with E-state index in [1.54, 1.807) is 0 Å². The fourth-order valence-corrected chi connectivity index (χ4v) is 2.89. The summed E-state index contributed by atoms with van der Waals surface area (Å²) in [5.41, 5.74) is 3.71. The number of hydrogen-bond donors (Lipinski definition) is 2. The van der Waals surface area contributed by atoms with Gasteiger partial charge in [0.05, 0.1) is 5.92 Å². The molecule has 1 aliphatic heterocycles. The van der Waals surface area contributed by atoms with Crippen LogP contribution in [0.2, 0.25) is 0 Å². The highest BCUT2D eigenvalue weighted by atomic mass is 35.5. The van der Waals surface area contributed by atoms with Crippen molar-refractivity contribution in [2.75, 3.05) is 19.6 Å². The molecule has 2 aromatic carbocycles. The minimum atomic E-state index is 0. The Bertz CT molecular complexity index is 624. The summed E-state index contributed by atoms with van der Waals surface area (Å²) in [6.45, 7) is 2.47. The molecule has 3 nitrogen and oxygen atoms in total. The van der Waals surface area contributed by atoms with Crippen LogP contribution in [0.1, 0.15) is 12.0 Å². The Hall–Kier alpha value is -1.84. The van der Waals surface area contributed by atoms with Crippen molar-refractivity contribution in [3.8, 4) is 11.1 Å². The van der Waals surface area contributed by atoms with Gasteiger partial charge in [-0.25, -0.2) is 0 Å². The number of benzene rings is 2. The second-order valence-electron chi connectivity index (χ2n) is 5.80. The Labute approximate surface area is 143 Å². The van der Waals surface area contributed by atoms with E-state index in [0.717, 1.165) is 25.9 Å². The Morgan fingerprint density at radius 2 is 1.87 bits per heavy atom. The van der Waals surface area contributed by atoms with Gasteiger partial charge in [-0.2, -0.15) is 0 Å². The van der Waals surface area contributed by atoms with Crippen molar-refractivity contribution in [2.45, 2.75) is 12.8 Å². The standard InChI is InChI=1S/C19H22N2O.ClH/c22-19(18-10-11-20-14-18)21-12-9-15-5-4-8-17(13-15)16-6-2-1-3-7-16;/h1-8,13,18,20H,9-12,14H2,(H,21,22);1H. The maximum absolute atomic E-state index is 12.0. The van der Waals surface area contributed by atoms with Crippen molar-refractivity contribution < 1.29 is 4.79 Å². The summed E-state index contributed by atoms with van der Waals surface area (Å²) in [5, 5.41) is 6.28. The number of amides is 1. The van der Waals surface area contributed by atoms with Crippen LogP contribution in [-0.2, 0) is 11.2 Å². The minimum absolute atomic E-state index is 0. The maximum Gasteiger partial charge on any atom is 0.224 e. The van der Waals surface area contributed by atoms with E-state index in [1.165, 1.54) is 16.7 Å². The number of halogens is 1. The van der Waals surface area contributed by atoms with Gasteiger partial charge in [-0.15, -0.1) is 12.4 Å². The number of carbonyl (C=O) groups is 1. The molecular formula is C19H23ClN2O. The summed E-state index contributed by atoms with van der Waals surface area (Å²) in [7, 11) is 0. The van der Waals surface area contributed by atoms with Crippen LogP contribution in [0, 0.1) is 5.92 Å². The van der Waals surface area contributed by atoms with Gasteiger partial charge in [0.1, 0.15) is 0 Å². The molecule has 4 heteroatoms. The highest BCUT2D eigenvalue weighted by Crippen LogP contribution is 2.20. The molecule has 3 rings (SSSR count). The molecule has 0 aromatic heterocycles. The molecule has 1 atom stereocenters. The average Bonchev–Trinajstić information content (AvgIpc) is 3.10. The molecule has 0 aliphatic carbocycles. The van der Waals surface area contributed by atoms with Gasteiger partial charge < -0.3 is 10.6 Å². The van der Waals surface area contributed by atoms with Crippen molar-refractivity contribution in [3.63, 3.8) is 0 Å². The Kier molecular flexibility index (Phi) is 6.63. The van der Waals surface area contributed by atoms with Crippen LogP contribution in [0.4, 0.5) is 0 Å². The first-order valence-electron chi connectivity index (χ1n) is 7.96. The zero-order chi connectivity index (χ0) is 15.2. The predicted octanol–water partition coefficient (Wildman–Crippen LogP) is 3.04. The van der Waals surface area contributed by atoms with Crippen molar-refractivity contribution in [1.82, 2.24) is 10.6 Å². The third kappa shape index (κ3) is 4.81. The van der Waals surface area contributed by atoms with Crippen molar-refractivity contribution in [1.29, 1.82) is 0 Å². The molecule has 1 fully saturated rings. The van der Waals surface area contributed by atoms with E-state index >= 15 is 0 Å². The van der Waals surface area contributed by atoms with Crippen LogP contribution >= 0.6 is 12.4 Å². The molecular weight excluding hydrogens is 308 g/mol. The van der Waals surface area contributed by atoms with E-state index in [4.69, 9.17) is 0 Å². The molecule has 122 valence electrons. The smallest absolute Gasteiger partial charge is 0.224 e. The first kappa shape index (κ1) is 17.5. The Balaban J connectivity index is 0.00000192. The van der Waals surface area contributed by atoms with Gasteiger partial charge >= 0.3 is 0 Å². The molecule has 2 N–H and O–H groups in total. The maximum atomic E-state index is 12.0. The van der Waals surface area contributed by atoms with Crippen molar-refractivity contribution in [2.24, 2.45) is 5.92 Å². The monoisotopic (exact) mass is 330 g/mol. The number of nitrogens with one attached hydrogen (secondary N) is 2. The van der Waals surface area contributed by atoms with Crippen LogP contribution in [-0.4, -0.2) is 25.5 Å². The van der Waals surface area contributed by atoms with Crippen LogP contribution in [0.25, 0.3) is 11.1 Å². The molecule has 1 saturated heterocycles. The van der Waals surface area contributed by atoms with Crippen molar-refractivity contribution >= 4 is 18.3 Å². The van der Waals surface area contributed by atoms with E-state index in [0.29, 0.717) is 6.54 Å². The topological polar surface area (TPSA) is 41.1 Å². The van der Waals surface area contributed by atoms with Crippen LogP contribution in [0.5, 0.6) is 0 Å². The molecule has 23 heavy (non-hydrogen) atoms.